The van der Waals surface area contributed by atoms with Crippen molar-refractivity contribution in [2.24, 2.45) is 0 Å². The Bertz CT molecular complexity index is 251. The van der Waals surface area contributed by atoms with Gasteiger partial charge in [-0.2, -0.15) is 5.26 Å². The number of nitrogens with zero attached hydrogens (tertiary/aromatic N) is 2. The van der Waals surface area contributed by atoms with Crippen LogP contribution in [0.3, 0.4) is 0 Å². The Balaban J connectivity index is 1.85. The molecule has 2 rings (SSSR count). The molecule has 0 aliphatic heterocycles. The predicted molar refractivity (Wildman–Crippen MR) is 79.9 cm³/mol. The molecule has 0 aromatic rings. The molecule has 0 N–H and O–H groups in total. The molecule has 2 aliphatic carbocycles. The van der Waals surface area contributed by atoms with E-state index in [9.17, 15) is 0 Å². The second-order valence-corrected chi connectivity index (χ2v) is 6.44. The van der Waals surface area contributed by atoms with Gasteiger partial charge in [0.2, 0.25) is 0 Å². The zero-order chi connectivity index (χ0) is 13.3. The average Bonchev–Trinajstić information content (AvgIpc) is 2.49. The molecular formula is C17H30N2. The summed E-state index contributed by atoms with van der Waals surface area (Å²) in [7, 11) is 0. The maximum absolute atomic E-state index is 8.67. The lowest BCUT2D eigenvalue weighted by molar-refractivity contribution is 0.0791. The minimum atomic E-state index is 0.739. The molecule has 0 amide bonds. The molecule has 0 spiro atoms. The van der Waals surface area contributed by atoms with Crippen LogP contribution in [0.15, 0.2) is 0 Å². The van der Waals surface area contributed by atoms with E-state index < -0.39 is 0 Å². The fourth-order valence-electron chi connectivity index (χ4n) is 3.99. The van der Waals surface area contributed by atoms with E-state index in [1.54, 1.807) is 0 Å². The number of nitriles is 1. The molecule has 2 nitrogen and oxygen atoms in total. The largest absolute Gasteiger partial charge is 0.297 e. The second kappa shape index (κ2) is 8.59. The van der Waals surface area contributed by atoms with Gasteiger partial charge in [-0.25, -0.2) is 0 Å². The standard InChI is InChI=1S/C17H30N2/c18-14-8-3-9-15-19(16-10-4-1-5-11-16)17-12-6-2-7-13-17/h16-17H,1-13,15H2. The molecule has 108 valence electrons. The third-order valence-electron chi connectivity index (χ3n) is 5.04. The van der Waals surface area contributed by atoms with Crippen molar-refractivity contribution in [1.82, 2.24) is 4.90 Å². The van der Waals surface area contributed by atoms with Crippen LogP contribution in [-0.4, -0.2) is 23.5 Å². The van der Waals surface area contributed by atoms with Gasteiger partial charge in [-0.05, 0) is 45.1 Å². The Hall–Kier alpha value is -0.550. The molecule has 19 heavy (non-hydrogen) atoms. The maximum Gasteiger partial charge on any atom is 0.0621 e. The van der Waals surface area contributed by atoms with Crippen LogP contribution in [0.2, 0.25) is 0 Å². The average molecular weight is 262 g/mol. The van der Waals surface area contributed by atoms with E-state index >= 15 is 0 Å². The van der Waals surface area contributed by atoms with Crippen molar-refractivity contribution < 1.29 is 0 Å². The normalized spacial score (nSPS) is 22.5. The zero-order valence-electron chi connectivity index (χ0n) is 12.4. The van der Waals surface area contributed by atoms with Gasteiger partial charge in [-0.3, -0.25) is 4.90 Å². The first-order valence-corrected chi connectivity index (χ1v) is 8.54. The topological polar surface area (TPSA) is 27.0 Å². The highest BCUT2D eigenvalue weighted by molar-refractivity contribution is 4.84. The summed E-state index contributed by atoms with van der Waals surface area (Å²) in [6.07, 6.45) is 17.4. The van der Waals surface area contributed by atoms with Crippen LogP contribution >= 0.6 is 0 Å². The lowest BCUT2D eigenvalue weighted by atomic mass is 9.88. The summed E-state index contributed by atoms with van der Waals surface area (Å²) in [5.74, 6) is 0. The van der Waals surface area contributed by atoms with Gasteiger partial charge in [0.25, 0.3) is 0 Å². The lowest BCUT2D eigenvalue weighted by Crippen LogP contribution is -2.45. The minimum Gasteiger partial charge on any atom is -0.297 e. The molecule has 2 saturated carbocycles. The van der Waals surface area contributed by atoms with Gasteiger partial charge >= 0.3 is 0 Å². The van der Waals surface area contributed by atoms with Crippen LogP contribution in [0.1, 0.15) is 83.5 Å². The Kier molecular flexibility index (Phi) is 6.71. The third kappa shape index (κ3) is 4.80. The fourth-order valence-corrected chi connectivity index (χ4v) is 3.99. The number of unbranched alkanes of at least 4 members (excludes halogenated alkanes) is 2. The molecule has 2 fully saturated rings. The molecule has 0 aromatic carbocycles. The molecule has 0 aromatic heterocycles. The van der Waals surface area contributed by atoms with Gasteiger partial charge in [-0.15, -0.1) is 0 Å². The van der Waals surface area contributed by atoms with Crippen LogP contribution in [0, 0.1) is 11.3 Å². The van der Waals surface area contributed by atoms with Crippen LogP contribution in [0.4, 0.5) is 0 Å². The highest BCUT2D eigenvalue weighted by Gasteiger charge is 2.28. The van der Waals surface area contributed by atoms with Crippen molar-refractivity contribution >= 4 is 0 Å². The van der Waals surface area contributed by atoms with E-state index in [4.69, 9.17) is 5.26 Å². The van der Waals surface area contributed by atoms with Crippen LogP contribution in [0.25, 0.3) is 0 Å². The predicted octanol–water partition coefficient (Wildman–Crippen LogP) is 4.65. The first-order chi connectivity index (χ1) is 9.42. The molecule has 0 saturated heterocycles. The number of rotatable bonds is 6. The smallest absolute Gasteiger partial charge is 0.0621 e. The van der Waals surface area contributed by atoms with Crippen LogP contribution < -0.4 is 0 Å². The van der Waals surface area contributed by atoms with Crippen LogP contribution in [-0.2, 0) is 0 Å². The monoisotopic (exact) mass is 262 g/mol. The molecule has 0 bridgehead atoms. The first-order valence-electron chi connectivity index (χ1n) is 8.54. The first kappa shape index (κ1) is 14.9. The molecule has 2 aliphatic rings. The second-order valence-electron chi connectivity index (χ2n) is 6.44. The van der Waals surface area contributed by atoms with E-state index in [1.165, 1.54) is 77.2 Å². The summed E-state index contributed by atoms with van der Waals surface area (Å²) in [5, 5.41) is 8.67. The summed E-state index contributed by atoms with van der Waals surface area (Å²) >= 11 is 0. The summed E-state index contributed by atoms with van der Waals surface area (Å²) in [6.45, 7) is 1.25. The molecule has 0 radical (unpaired) electrons. The van der Waals surface area contributed by atoms with Crippen molar-refractivity contribution in [1.29, 1.82) is 5.26 Å². The van der Waals surface area contributed by atoms with Crippen molar-refractivity contribution in [2.45, 2.75) is 95.6 Å². The maximum atomic E-state index is 8.67. The summed E-state index contributed by atoms with van der Waals surface area (Å²) in [4.78, 5) is 2.86. The Morgan fingerprint density at radius 2 is 1.32 bits per heavy atom. The highest BCUT2D eigenvalue weighted by Crippen LogP contribution is 2.30. The minimum absolute atomic E-state index is 0.739. The molecule has 0 unspecified atom stereocenters. The lowest BCUT2D eigenvalue weighted by Gasteiger charge is -2.41. The zero-order valence-corrected chi connectivity index (χ0v) is 12.4. The quantitative estimate of drug-likeness (QED) is 0.652. The summed E-state index contributed by atoms with van der Waals surface area (Å²) < 4.78 is 0. The van der Waals surface area contributed by atoms with Gasteiger partial charge in [0, 0.05) is 18.5 Å². The van der Waals surface area contributed by atoms with E-state index in [-0.39, 0.29) is 0 Å². The summed E-state index contributed by atoms with van der Waals surface area (Å²) in [6, 6.07) is 4.00. The number of hydrogen-bond acceptors (Lipinski definition) is 2. The van der Waals surface area contributed by atoms with E-state index in [2.05, 4.69) is 11.0 Å². The van der Waals surface area contributed by atoms with Crippen molar-refractivity contribution in [3.05, 3.63) is 0 Å². The SMILES string of the molecule is N#CCCCCN(C1CCCCC1)C1CCCCC1. The van der Waals surface area contributed by atoms with Crippen molar-refractivity contribution in [2.75, 3.05) is 6.54 Å². The highest BCUT2D eigenvalue weighted by atomic mass is 15.2. The van der Waals surface area contributed by atoms with Gasteiger partial charge in [0.1, 0.15) is 0 Å². The van der Waals surface area contributed by atoms with Gasteiger partial charge in [0.05, 0.1) is 6.07 Å². The molecule has 0 heterocycles. The molecule has 0 atom stereocenters. The Morgan fingerprint density at radius 3 is 1.79 bits per heavy atom. The van der Waals surface area contributed by atoms with Gasteiger partial charge < -0.3 is 0 Å². The van der Waals surface area contributed by atoms with E-state index in [1.807, 2.05) is 0 Å². The van der Waals surface area contributed by atoms with Gasteiger partial charge in [0.15, 0.2) is 0 Å². The van der Waals surface area contributed by atoms with E-state index in [0.717, 1.165) is 24.9 Å². The van der Waals surface area contributed by atoms with Crippen molar-refractivity contribution in [3.63, 3.8) is 0 Å². The van der Waals surface area contributed by atoms with Gasteiger partial charge in [-0.1, -0.05) is 38.5 Å². The Morgan fingerprint density at radius 1 is 0.789 bits per heavy atom. The Labute approximate surface area is 119 Å². The summed E-state index contributed by atoms with van der Waals surface area (Å²) in [5.41, 5.74) is 0. The third-order valence-corrected chi connectivity index (χ3v) is 5.04. The van der Waals surface area contributed by atoms with Crippen LogP contribution in [0.5, 0.6) is 0 Å². The molecular weight excluding hydrogens is 232 g/mol. The van der Waals surface area contributed by atoms with E-state index in [0.29, 0.717) is 0 Å². The number of hydrogen-bond donors (Lipinski definition) is 0. The van der Waals surface area contributed by atoms with Crippen molar-refractivity contribution in [3.8, 4) is 6.07 Å². The fraction of sp³-hybridized carbons (Fsp3) is 0.941. The molecule has 2 heteroatoms.